The van der Waals surface area contributed by atoms with E-state index in [2.05, 4.69) is 20.8 Å². The summed E-state index contributed by atoms with van der Waals surface area (Å²) in [6, 6.07) is 10.2. The van der Waals surface area contributed by atoms with Crippen LogP contribution in [0, 0.1) is 0 Å². The largest absolute Gasteiger partial charge is 0.490 e. The van der Waals surface area contributed by atoms with E-state index in [1.54, 1.807) is 53.7 Å². The number of likely N-dealkylation sites (tertiary alicyclic amines) is 1. The number of piperidine rings is 1. The standard InChI is InChI=1S/C20H20ClN5O3.C2HF3O2/c21-14-4-6-15(7-5-14)24-19(28)26-10-2-8-20(13-26)11-17(25-29-20)18(27)23-16-3-1-9-22-12-16;3-2(4,5)1(6)7/h1,3-7,9,12H,2,8,10-11,13H2,(H,23,27)(H,24,28);(H,6,7). The zero-order valence-electron chi connectivity index (χ0n) is 18.6. The molecule has 0 saturated carbocycles. The number of anilines is 2. The molecule has 3 N–H and O–H groups in total. The summed E-state index contributed by atoms with van der Waals surface area (Å²) in [5.41, 5.74) is 0.902. The highest BCUT2D eigenvalue weighted by molar-refractivity contribution is 6.43. The highest BCUT2D eigenvalue weighted by atomic mass is 35.5. The van der Waals surface area contributed by atoms with Crippen molar-refractivity contribution >= 4 is 46.6 Å². The molecule has 1 unspecified atom stereocenters. The van der Waals surface area contributed by atoms with Gasteiger partial charge in [0, 0.05) is 29.9 Å². The molecular weight excluding hydrogens is 507 g/mol. The van der Waals surface area contributed by atoms with Crippen LogP contribution in [0.2, 0.25) is 5.02 Å². The Morgan fingerprint density at radius 2 is 1.81 bits per heavy atom. The molecule has 0 bridgehead atoms. The van der Waals surface area contributed by atoms with Crippen LogP contribution in [-0.4, -0.2) is 63.5 Å². The lowest BCUT2D eigenvalue weighted by Gasteiger charge is -2.38. The number of nitrogens with one attached hydrogen (secondary N) is 2. The van der Waals surface area contributed by atoms with Gasteiger partial charge < -0.3 is 25.5 Å². The predicted molar refractivity (Wildman–Crippen MR) is 124 cm³/mol. The van der Waals surface area contributed by atoms with Crippen molar-refractivity contribution in [3.8, 4) is 0 Å². The number of aromatic nitrogens is 1. The van der Waals surface area contributed by atoms with Gasteiger partial charge in [-0.3, -0.25) is 9.78 Å². The SMILES string of the molecule is O=C(Nc1cccnc1)C1=NOC2(CCCN(C(=O)Nc3ccc(Cl)cc3)C2)C1.O=C(O)C(F)(F)F. The summed E-state index contributed by atoms with van der Waals surface area (Å²) in [6.07, 6.45) is -0.0458. The van der Waals surface area contributed by atoms with E-state index in [0.717, 1.165) is 12.8 Å². The van der Waals surface area contributed by atoms with E-state index in [1.165, 1.54) is 0 Å². The van der Waals surface area contributed by atoms with Gasteiger partial charge >= 0.3 is 18.2 Å². The van der Waals surface area contributed by atoms with Gasteiger partial charge in [0.2, 0.25) is 0 Å². The maximum Gasteiger partial charge on any atom is 0.490 e. The summed E-state index contributed by atoms with van der Waals surface area (Å²) in [6.45, 7) is 0.974. The first-order valence-electron chi connectivity index (χ1n) is 10.6. The molecule has 1 fully saturated rings. The number of urea groups is 1. The van der Waals surface area contributed by atoms with Crippen LogP contribution in [0.3, 0.4) is 0 Å². The summed E-state index contributed by atoms with van der Waals surface area (Å²) in [5.74, 6) is -3.08. The number of halogens is 4. The van der Waals surface area contributed by atoms with Crippen molar-refractivity contribution < 1.29 is 37.5 Å². The molecule has 192 valence electrons. The number of benzene rings is 1. The molecule has 3 amide bonds. The number of rotatable bonds is 3. The molecule has 36 heavy (non-hydrogen) atoms. The zero-order valence-corrected chi connectivity index (χ0v) is 19.3. The van der Waals surface area contributed by atoms with E-state index in [1.807, 2.05) is 0 Å². The summed E-state index contributed by atoms with van der Waals surface area (Å²) in [5, 5.41) is 17.4. The third kappa shape index (κ3) is 7.31. The zero-order chi connectivity index (χ0) is 26.3. The number of alkyl halides is 3. The summed E-state index contributed by atoms with van der Waals surface area (Å²) in [4.78, 5) is 45.4. The molecule has 1 saturated heterocycles. The Balaban J connectivity index is 0.000000454. The van der Waals surface area contributed by atoms with Gasteiger partial charge in [-0.05, 0) is 49.2 Å². The second-order valence-corrected chi connectivity index (χ2v) is 8.39. The molecule has 1 spiro atoms. The second kappa shape index (κ2) is 11.2. The fourth-order valence-electron chi connectivity index (χ4n) is 3.51. The van der Waals surface area contributed by atoms with Gasteiger partial charge in [0.25, 0.3) is 5.91 Å². The van der Waals surface area contributed by atoms with Gasteiger partial charge in [-0.25, -0.2) is 9.59 Å². The molecule has 10 nitrogen and oxygen atoms in total. The molecule has 0 aliphatic carbocycles. The Morgan fingerprint density at radius 1 is 1.11 bits per heavy atom. The Hall–Kier alpha value is -3.87. The number of carboxylic acids is 1. The van der Waals surface area contributed by atoms with Crippen LogP contribution in [0.25, 0.3) is 0 Å². The number of oxime groups is 1. The van der Waals surface area contributed by atoms with Crippen LogP contribution in [-0.2, 0) is 14.4 Å². The minimum atomic E-state index is -5.08. The highest BCUT2D eigenvalue weighted by Crippen LogP contribution is 2.34. The van der Waals surface area contributed by atoms with Crippen molar-refractivity contribution in [3.05, 3.63) is 53.8 Å². The molecule has 0 radical (unpaired) electrons. The van der Waals surface area contributed by atoms with Gasteiger partial charge in [-0.2, -0.15) is 13.2 Å². The first-order valence-corrected chi connectivity index (χ1v) is 10.9. The highest BCUT2D eigenvalue weighted by Gasteiger charge is 2.45. The number of hydrogen-bond acceptors (Lipinski definition) is 6. The number of hydrogen-bond donors (Lipinski definition) is 3. The Bertz CT molecular complexity index is 1130. The maximum absolute atomic E-state index is 12.7. The molecule has 4 rings (SSSR count). The van der Waals surface area contributed by atoms with E-state index in [4.69, 9.17) is 26.3 Å². The lowest BCUT2D eigenvalue weighted by atomic mass is 9.88. The van der Waals surface area contributed by atoms with E-state index in [9.17, 15) is 22.8 Å². The summed E-state index contributed by atoms with van der Waals surface area (Å²) in [7, 11) is 0. The first-order chi connectivity index (χ1) is 17.0. The van der Waals surface area contributed by atoms with Gasteiger partial charge in [0.05, 0.1) is 18.4 Å². The van der Waals surface area contributed by atoms with Gasteiger partial charge in [0.1, 0.15) is 5.71 Å². The summed E-state index contributed by atoms with van der Waals surface area (Å²) < 4.78 is 31.7. The molecule has 14 heteroatoms. The Kier molecular flexibility index (Phi) is 8.35. The number of amides is 3. The molecule has 2 aliphatic heterocycles. The number of carbonyl (C=O) groups excluding carboxylic acids is 2. The first kappa shape index (κ1) is 26.7. The van der Waals surface area contributed by atoms with Crippen LogP contribution < -0.4 is 10.6 Å². The Labute approximate surface area is 208 Å². The number of carboxylic acid groups (broad SMARTS) is 1. The fraction of sp³-hybridized carbons (Fsp3) is 0.318. The van der Waals surface area contributed by atoms with Crippen molar-refractivity contribution in [2.45, 2.75) is 31.0 Å². The van der Waals surface area contributed by atoms with Crippen LogP contribution in [0.1, 0.15) is 19.3 Å². The number of aliphatic carboxylic acids is 1. The van der Waals surface area contributed by atoms with E-state index < -0.39 is 17.7 Å². The minimum Gasteiger partial charge on any atom is -0.475 e. The molecule has 2 aliphatic rings. The molecular formula is C22H21ClF3N5O5. The third-order valence-electron chi connectivity index (χ3n) is 5.19. The van der Waals surface area contributed by atoms with Crippen molar-refractivity contribution in [3.63, 3.8) is 0 Å². The normalized spacial score (nSPS) is 18.9. The van der Waals surface area contributed by atoms with Crippen LogP contribution in [0.5, 0.6) is 0 Å². The van der Waals surface area contributed by atoms with Gasteiger partial charge in [-0.15, -0.1) is 0 Å². The topological polar surface area (TPSA) is 133 Å². The quantitative estimate of drug-likeness (QED) is 0.549. The molecule has 3 heterocycles. The van der Waals surface area contributed by atoms with Crippen LogP contribution >= 0.6 is 11.6 Å². The second-order valence-electron chi connectivity index (χ2n) is 7.95. The maximum atomic E-state index is 12.7. The summed E-state index contributed by atoms with van der Waals surface area (Å²) >= 11 is 5.88. The average Bonchev–Trinajstić information content (AvgIpc) is 3.24. The van der Waals surface area contributed by atoms with Crippen molar-refractivity contribution in [1.82, 2.24) is 9.88 Å². The Morgan fingerprint density at radius 3 is 2.42 bits per heavy atom. The van der Waals surface area contributed by atoms with Gasteiger partial charge in [0.15, 0.2) is 5.60 Å². The lowest BCUT2D eigenvalue weighted by molar-refractivity contribution is -0.192. The van der Waals surface area contributed by atoms with Gasteiger partial charge in [-0.1, -0.05) is 16.8 Å². The molecule has 1 aromatic carbocycles. The number of pyridine rings is 1. The van der Waals surface area contributed by atoms with Crippen molar-refractivity contribution in [2.75, 3.05) is 23.7 Å². The fourth-order valence-corrected chi connectivity index (χ4v) is 3.64. The van der Waals surface area contributed by atoms with Crippen molar-refractivity contribution in [2.24, 2.45) is 5.16 Å². The van der Waals surface area contributed by atoms with E-state index >= 15 is 0 Å². The predicted octanol–water partition coefficient (Wildman–Crippen LogP) is 4.15. The van der Waals surface area contributed by atoms with E-state index in [0.29, 0.717) is 41.6 Å². The molecule has 2 aromatic rings. The number of carbonyl (C=O) groups is 3. The average molecular weight is 528 g/mol. The van der Waals surface area contributed by atoms with E-state index in [-0.39, 0.29) is 11.9 Å². The molecule has 1 atom stereocenters. The smallest absolute Gasteiger partial charge is 0.475 e. The third-order valence-corrected chi connectivity index (χ3v) is 5.44. The van der Waals surface area contributed by atoms with Crippen molar-refractivity contribution in [1.29, 1.82) is 0 Å². The van der Waals surface area contributed by atoms with Crippen LogP contribution in [0.15, 0.2) is 53.9 Å². The van der Waals surface area contributed by atoms with Crippen LogP contribution in [0.4, 0.5) is 29.3 Å². The minimum absolute atomic E-state index is 0.219. The number of nitrogens with zero attached hydrogens (tertiary/aromatic N) is 3. The monoisotopic (exact) mass is 527 g/mol. The lowest BCUT2D eigenvalue weighted by Crippen LogP contribution is -2.52. The molecule has 1 aromatic heterocycles.